The van der Waals surface area contributed by atoms with E-state index in [4.69, 9.17) is 23.7 Å². The molecule has 1 heterocycles. The average Bonchev–Trinajstić information content (AvgIpc) is 2.86. The van der Waals surface area contributed by atoms with Crippen LogP contribution in [0.15, 0.2) is 30.3 Å². The van der Waals surface area contributed by atoms with Crippen molar-refractivity contribution >= 4 is 23.1 Å². The summed E-state index contributed by atoms with van der Waals surface area (Å²) in [6.07, 6.45) is 1.45. The minimum Gasteiger partial charge on any atom is -0.393 e. The van der Waals surface area contributed by atoms with Gasteiger partial charge in [0.15, 0.2) is 0 Å². The largest absolute Gasteiger partial charge is 0.393 e. The van der Waals surface area contributed by atoms with Gasteiger partial charge < -0.3 is 11.5 Å². The summed E-state index contributed by atoms with van der Waals surface area (Å²) in [5, 5.41) is 0. The lowest BCUT2D eigenvalue weighted by Gasteiger charge is -2.28. The molecule has 1 saturated heterocycles. The first-order chi connectivity index (χ1) is 9.08. The number of hydrogen-bond acceptors (Lipinski definition) is 3. The summed E-state index contributed by atoms with van der Waals surface area (Å²) in [6.45, 7) is 1.55. The molecule has 5 heteroatoms. The van der Waals surface area contributed by atoms with Gasteiger partial charge in [0.1, 0.15) is 0 Å². The minimum atomic E-state index is -0.218. The number of nitrogens with zero attached hydrogens (tertiary/aromatic N) is 1. The highest BCUT2D eigenvalue weighted by atomic mass is 32.1. The Labute approximate surface area is 118 Å². The van der Waals surface area contributed by atoms with E-state index in [1.54, 1.807) is 0 Å². The fraction of sp³-hybridized carbons (Fsp3) is 0.429. The summed E-state index contributed by atoms with van der Waals surface area (Å²) in [5.74, 6) is -0.276. The number of carbonyl (C=O) groups is 1. The quantitative estimate of drug-likeness (QED) is 0.794. The van der Waals surface area contributed by atoms with E-state index < -0.39 is 0 Å². The van der Waals surface area contributed by atoms with Crippen molar-refractivity contribution in [2.45, 2.75) is 18.9 Å². The van der Waals surface area contributed by atoms with Crippen molar-refractivity contribution < 1.29 is 4.79 Å². The van der Waals surface area contributed by atoms with Crippen LogP contribution in [0.4, 0.5) is 0 Å². The van der Waals surface area contributed by atoms with E-state index in [0.29, 0.717) is 18.0 Å². The molecule has 4 nitrogen and oxygen atoms in total. The first kappa shape index (κ1) is 14.0. The van der Waals surface area contributed by atoms with E-state index in [0.717, 1.165) is 13.0 Å². The molecule has 1 aliphatic rings. The average molecular weight is 277 g/mol. The maximum atomic E-state index is 11.3. The van der Waals surface area contributed by atoms with Gasteiger partial charge in [-0.25, -0.2) is 0 Å². The van der Waals surface area contributed by atoms with Crippen LogP contribution in [0.1, 0.15) is 24.4 Å². The number of carbonyl (C=O) groups excluding carboxylic acids is 1. The Morgan fingerprint density at radius 3 is 2.58 bits per heavy atom. The van der Waals surface area contributed by atoms with Crippen LogP contribution in [0.2, 0.25) is 0 Å². The van der Waals surface area contributed by atoms with Crippen LogP contribution in [0.25, 0.3) is 0 Å². The van der Waals surface area contributed by atoms with Crippen LogP contribution < -0.4 is 11.5 Å². The number of rotatable bonds is 5. The van der Waals surface area contributed by atoms with E-state index in [-0.39, 0.29) is 17.9 Å². The third-order valence-electron chi connectivity index (χ3n) is 3.64. The molecule has 0 aliphatic carbocycles. The van der Waals surface area contributed by atoms with Crippen molar-refractivity contribution in [3.05, 3.63) is 35.9 Å². The fourth-order valence-corrected chi connectivity index (χ4v) is 2.78. The molecule has 1 amide bonds. The zero-order chi connectivity index (χ0) is 13.8. The van der Waals surface area contributed by atoms with Crippen molar-refractivity contribution in [3.8, 4) is 0 Å². The number of hydrogen-bond donors (Lipinski definition) is 2. The number of thiocarbonyl (C=S) groups is 1. The molecule has 0 aromatic heterocycles. The molecule has 0 bridgehead atoms. The summed E-state index contributed by atoms with van der Waals surface area (Å²) < 4.78 is 0. The molecule has 2 atom stereocenters. The second-order valence-electron chi connectivity index (χ2n) is 4.98. The van der Waals surface area contributed by atoms with E-state index in [9.17, 15) is 4.79 Å². The van der Waals surface area contributed by atoms with Crippen molar-refractivity contribution in [3.63, 3.8) is 0 Å². The summed E-state index contributed by atoms with van der Waals surface area (Å²) in [4.78, 5) is 14.0. The van der Waals surface area contributed by atoms with Gasteiger partial charge in [-0.05, 0) is 18.5 Å². The molecule has 1 aliphatic heterocycles. The van der Waals surface area contributed by atoms with Gasteiger partial charge in [0.2, 0.25) is 5.91 Å². The minimum absolute atomic E-state index is 0.0578. The molecule has 1 aromatic rings. The first-order valence-electron chi connectivity index (χ1n) is 6.44. The summed E-state index contributed by atoms with van der Waals surface area (Å²) in [6, 6.07) is 10.3. The van der Waals surface area contributed by atoms with E-state index in [1.807, 2.05) is 18.2 Å². The molecule has 102 valence electrons. The van der Waals surface area contributed by atoms with Gasteiger partial charge in [0.25, 0.3) is 0 Å². The molecule has 2 unspecified atom stereocenters. The fourth-order valence-electron chi connectivity index (χ4n) is 2.63. The van der Waals surface area contributed by atoms with Gasteiger partial charge in [0.05, 0.1) is 10.9 Å². The second-order valence-corrected chi connectivity index (χ2v) is 5.50. The number of amides is 1. The van der Waals surface area contributed by atoms with Crippen LogP contribution >= 0.6 is 12.2 Å². The predicted molar refractivity (Wildman–Crippen MR) is 79.5 cm³/mol. The van der Waals surface area contributed by atoms with Crippen molar-refractivity contribution in [2.24, 2.45) is 17.4 Å². The Bertz CT molecular complexity index is 463. The Morgan fingerprint density at radius 1 is 1.37 bits per heavy atom. The molecule has 0 spiro atoms. The zero-order valence-electron chi connectivity index (χ0n) is 10.8. The molecular weight excluding hydrogens is 258 g/mol. The standard InChI is InChI=1S/C14H19N3OS/c15-13(19)8-12(10-4-2-1-3-5-10)17-7-6-11(9-17)14(16)18/h1-5,11-12H,6-9H2,(H2,15,19)(H2,16,18). The lowest BCUT2D eigenvalue weighted by molar-refractivity contribution is -0.121. The molecule has 2 rings (SSSR count). The van der Waals surface area contributed by atoms with E-state index in [1.165, 1.54) is 5.56 Å². The molecule has 0 radical (unpaired) electrons. The Hall–Kier alpha value is -1.46. The van der Waals surface area contributed by atoms with Gasteiger partial charge in [-0.3, -0.25) is 9.69 Å². The monoisotopic (exact) mass is 277 g/mol. The summed E-state index contributed by atoms with van der Waals surface area (Å²) >= 11 is 5.05. The number of nitrogens with two attached hydrogens (primary N) is 2. The van der Waals surface area contributed by atoms with E-state index >= 15 is 0 Å². The van der Waals surface area contributed by atoms with Crippen molar-refractivity contribution in [1.82, 2.24) is 4.90 Å². The van der Waals surface area contributed by atoms with E-state index in [2.05, 4.69) is 17.0 Å². The molecular formula is C14H19N3OS. The zero-order valence-corrected chi connectivity index (χ0v) is 11.6. The molecule has 0 saturated carbocycles. The highest BCUT2D eigenvalue weighted by Gasteiger charge is 2.31. The van der Waals surface area contributed by atoms with Gasteiger partial charge in [0, 0.05) is 19.0 Å². The van der Waals surface area contributed by atoms with Crippen molar-refractivity contribution in [1.29, 1.82) is 0 Å². The maximum absolute atomic E-state index is 11.3. The predicted octanol–water partition coefficient (Wildman–Crippen LogP) is 1.21. The molecule has 1 aromatic carbocycles. The SMILES string of the molecule is NC(=O)C1CCN(C(CC(N)=S)c2ccccc2)C1. The van der Waals surface area contributed by atoms with Crippen LogP contribution in [-0.2, 0) is 4.79 Å². The normalized spacial score (nSPS) is 21.2. The summed E-state index contributed by atoms with van der Waals surface area (Å²) in [5.41, 5.74) is 12.3. The third kappa shape index (κ3) is 3.52. The Morgan fingerprint density at radius 2 is 2.05 bits per heavy atom. The topological polar surface area (TPSA) is 72.4 Å². The smallest absolute Gasteiger partial charge is 0.221 e. The highest BCUT2D eigenvalue weighted by molar-refractivity contribution is 7.80. The van der Waals surface area contributed by atoms with Gasteiger partial charge in [-0.1, -0.05) is 42.5 Å². The van der Waals surface area contributed by atoms with Crippen LogP contribution in [-0.4, -0.2) is 28.9 Å². The van der Waals surface area contributed by atoms with Gasteiger partial charge in [-0.15, -0.1) is 0 Å². The molecule has 4 N–H and O–H groups in total. The number of primary amides is 1. The van der Waals surface area contributed by atoms with Crippen LogP contribution in [0.5, 0.6) is 0 Å². The van der Waals surface area contributed by atoms with Crippen LogP contribution in [0, 0.1) is 5.92 Å². The molecule has 1 fully saturated rings. The lowest BCUT2D eigenvalue weighted by atomic mass is 10.0. The second kappa shape index (κ2) is 6.12. The molecule has 19 heavy (non-hydrogen) atoms. The highest BCUT2D eigenvalue weighted by Crippen LogP contribution is 2.30. The summed E-state index contributed by atoms with van der Waals surface area (Å²) in [7, 11) is 0. The van der Waals surface area contributed by atoms with Gasteiger partial charge >= 0.3 is 0 Å². The van der Waals surface area contributed by atoms with Crippen molar-refractivity contribution in [2.75, 3.05) is 13.1 Å². The first-order valence-corrected chi connectivity index (χ1v) is 6.85. The lowest BCUT2D eigenvalue weighted by Crippen LogP contribution is -2.32. The maximum Gasteiger partial charge on any atom is 0.221 e. The Kier molecular flexibility index (Phi) is 4.50. The van der Waals surface area contributed by atoms with Gasteiger partial charge in [-0.2, -0.15) is 0 Å². The third-order valence-corrected chi connectivity index (χ3v) is 3.81. The van der Waals surface area contributed by atoms with Crippen LogP contribution in [0.3, 0.4) is 0 Å². The Balaban J connectivity index is 2.15. The number of benzene rings is 1. The number of likely N-dealkylation sites (tertiary alicyclic amines) is 1.